The Morgan fingerprint density at radius 3 is 2.42 bits per heavy atom. The van der Waals surface area contributed by atoms with E-state index in [1.165, 1.54) is 24.3 Å². The van der Waals surface area contributed by atoms with Crippen LogP contribution in [0.3, 0.4) is 0 Å². The van der Waals surface area contributed by atoms with Crippen LogP contribution in [-0.4, -0.2) is 10.5 Å². The lowest BCUT2D eigenvalue weighted by molar-refractivity contribution is -0.468. The van der Waals surface area contributed by atoms with Gasteiger partial charge in [0, 0.05) is 22.6 Å². The molecule has 122 valence electrons. The molecule has 2 aromatic carbocycles. The smallest absolute Gasteiger partial charge is 0.335 e. The first-order valence-corrected chi connectivity index (χ1v) is 6.78. The summed E-state index contributed by atoms with van der Waals surface area (Å²) in [4.78, 5) is 24.9. The summed E-state index contributed by atoms with van der Waals surface area (Å²) in [5, 5.41) is 12.2. The molecule has 0 aliphatic carbocycles. The van der Waals surface area contributed by atoms with Gasteiger partial charge in [0.15, 0.2) is 5.69 Å². The Kier molecular flexibility index (Phi) is 3.80. The zero-order valence-corrected chi connectivity index (χ0v) is 11.9. The molecule has 3 aromatic rings. The molecule has 0 N–H and O–H groups in total. The molecule has 8 heteroatoms. The highest BCUT2D eigenvalue weighted by molar-refractivity contribution is 6.07. The quantitative estimate of drug-likeness (QED) is 0.545. The second-order valence-corrected chi connectivity index (χ2v) is 4.95. The molecule has 0 fully saturated rings. The van der Waals surface area contributed by atoms with Gasteiger partial charge in [-0.25, -0.2) is 13.2 Å². The standard InChI is InChI=1S/C16H9F3N2O3/c17-10-6-7-11-12(8-10)21(24)14(16(18)19)13(20(11)23)15(22)9-4-2-1-3-5-9/h1-8,16H. The molecule has 0 saturated carbocycles. The SMILES string of the molecule is O=C(c1ccccc1)c1c(C(F)F)n([O-])c2cc(F)ccc2[n+]1=O. The maximum atomic E-state index is 13.4. The van der Waals surface area contributed by atoms with Gasteiger partial charge < -0.3 is 9.94 Å². The minimum atomic E-state index is -3.39. The summed E-state index contributed by atoms with van der Waals surface area (Å²) >= 11 is 0. The fourth-order valence-electron chi connectivity index (χ4n) is 2.41. The van der Waals surface area contributed by atoms with E-state index in [0.29, 0.717) is 6.07 Å². The van der Waals surface area contributed by atoms with Gasteiger partial charge in [-0.05, 0) is 6.07 Å². The number of hydrogen-bond donors (Lipinski definition) is 0. The van der Waals surface area contributed by atoms with Gasteiger partial charge in [-0.1, -0.05) is 30.3 Å². The van der Waals surface area contributed by atoms with Crippen molar-refractivity contribution in [3.8, 4) is 0 Å². The first kappa shape index (κ1) is 15.7. The summed E-state index contributed by atoms with van der Waals surface area (Å²) in [7, 11) is 0. The highest BCUT2D eigenvalue weighted by atomic mass is 19.3. The van der Waals surface area contributed by atoms with Crippen LogP contribution in [0.1, 0.15) is 28.2 Å². The maximum absolute atomic E-state index is 13.4. The van der Waals surface area contributed by atoms with E-state index in [0.717, 1.165) is 12.1 Å². The summed E-state index contributed by atoms with van der Waals surface area (Å²) in [5.41, 5.74) is -3.27. The number of rotatable bonds is 3. The fraction of sp³-hybridized carbons (Fsp3) is 0.0625. The number of hydrogen-bond acceptors (Lipinski definition) is 3. The third kappa shape index (κ3) is 2.41. The molecule has 1 aromatic heterocycles. The molecule has 0 aliphatic rings. The van der Waals surface area contributed by atoms with Crippen molar-refractivity contribution < 1.29 is 22.4 Å². The number of benzene rings is 2. The molecular weight excluding hydrogens is 325 g/mol. The Bertz CT molecular complexity index is 1000. The zero-order chi connectivity index (χ0) is 17.4. The molecule has 0 bridgehead atoms. The molecule has 24 heavy (non-hydrogen) atoms. The molecule has 0 spiro atoms. The first-order valence-electron chi connectivity index (χ1n) is 6.78. The Balaban J connectivity index is 2.41. The van der Waals surface area contributed by atoms with E-state index in [1.807, 2.05) is 0 Å². The van der Waals surface area contributed by atoms with E-state index in [2.05, 4.69) is 0 Å². The van der Waals surface area contributed by atoms with Gasteiger partial charge in [0.05, 0.1) is 4.43 Å². The normalized spacial score (nSPS) is 11.2. The van der Waals surface area contributed by atoms with Crippen LogP contribution in [0.2, 0.25) is 0 Å². The number of alkyl halides is 2. The number of nitrogens with zero attached hydrogens (tertiary/aromatic N) is 2. The average Bonchev–Trinajstić information content (AvgIpc) is 2.57. The minimum absolute atomic E-state index is 0.0227. The van der Waals surface area contributed by atoms with Gasteiger partial charge in [-0.2, -0.15) is 0 Å². The van der Waals surface area contributed by atoms with Gasteiger partial charge >= 0.3 is 5.69 Å². The van der Waals surface area contributed by atoms with Crippen LogP contribution >= 0.6 is 0 Å². The van der Waals surface area contributed by atoms with E-state index < -0.39 is 34.9 Å². The number of fused-ring (bicyclic) bond motifs is 1. The molecule has 5 nitrogen and oxygen atoms in total. The van der Waals surface area contributed by atoms with Crippen LogP contribution < -0.4 is 4.43 Å². The first-order chi connectivity index (χ1) is 11.4. The fourth-order valence-corrected chi connectivity index (χ4v) is 2.41. The van der Waals surface area contributed by atoms with Crippen molar-refractivity contribution >= 4 is 16.8 Å². The Morgan fingerprint density at radius 2 is 1.79 bits per heavy atom. The molecule has 0 radical (unpaired) electrons. The molecule has 0 amide bonds. The summed E-state index contributed by atoms with van der Waals surface area (Å²) in [6.07, 6.45) is -3.39. The van der Waals surface area contributed by atoms with Crippen LogP contribution in [0, 0.1) is 15.9 Å². The number of ketones is 1. The molecule has 0 saturated heterocycles. The van der Waals surface area contributed by atoms with Gasteiger partial charge in [0.2, 0.25) is 0 Å². The lowest BCUT2D eigenvalue weighted by Gasteiger charge is -2.18. The van der Waals surface area contributed by atoms with Crippen molar-refractivity contribution in [1.29, 1.82) is 0 Å². The second kappa shape index (κ2) is 5.80. The third-order valence-electron chi connectivity index (χ3n) is 3.50. The largest absolute Gasteiger partial charge is 0.805 e. The summed E-state index contributed by atoms with van der Waals surface area (Å²) < 4.78 is 39.7. The van der Waals surface area contributed by atoms with Crippen LogP contribution in [-0.2, 0) is 0 Å². The molecule has 0 aliphatic heterocycles. The maximum Gasteiger partial charge on any atom is 0.335 e. The van der Waals surface area contributed by atoms with Crippen molar-refractivity contribution in [2.24, 2.45) is 0 Å². The van der Waals surface area contributed by atoms with E-state index in [9.17, 15) is 28.1 Å². The highest BCUT2D eigenvalue weighted by Gasteiger charge is 2.34. The number of halogens is 3. The summed E-state index contributed by atoms with van der Waals surface area (Å²) in [5.74, 6) is -1.88. The van der Waals surface area contributed by atoms with Crippen LogP contribution in [0.4, 0.5) is 13.2 Å². The van der Waals surface area contributed by atoms with Crippen molar-refractivity contribution in [3.05, 3.63) is 81.4 Å². The van der Waals surface area contributed by atoms with Crippen molar-refractivity contribution in [1.82, 2.24) is 4.73 Å². The number of carbonyl (C=O) groups excluding carboxylic acids is 1. The highest BCUT2D eigenvalue weighted by Crippen LogP contribution is 2.26. The number of carbonyl (C=O) groups is 1. The topological polar surface area (TPSA) is 68.0 Å². The Morgan fingerprint density at radius 1 is 1.12 bits per heavy atom. The average molecular weight is 334 g/mol. The van der Waals surface area contributed by atoms with Crippen molar-refractivity contribution in [2.75, 3.05) is 0 Å². The van der Waals surface area contributed by atoms with Crippen LogP contribution in [0.25, 0.3) is 11.0 Å². The monoisotopic (exact) mass is 334 g/mol. The van der Waals surface area contributed by atoms with Crippen molar-refractivity contribution in [2.45, 2.75) is 6.43 Å². The number of aromatic nitrogens is 2. The Labute approximate surface area is 132 Å². The molecule has 1 heterocycles. The van der Waals surface area contributed by atoms with Crippen LogP contribution in [0.5, 0.6) is 0 Å². The van der Waals surface area contributed by atoms with E-state index in [4.69, 9.17) is 0 Å². The molecular formula is C16H9F3N2O3. The predicted molar refractivity (Wildman–Crippen MR) is 78.9 cm³/mol. The van der Waals surface area contributed by atoms with Crippen molar-refractivity contribution in [3.63, 3.8) is 0 Å². The molecule has 0 atom stereocenters. The van der Waals surface area contributed by atoms with Gasteiger partial charge in [0.1, 0.15) is 11.3 Å². The summed E-state index contributed by atoms with van der Waals surface area (Å²) in [6, 6.07) is 9.78. The van der Waals surface area contributed by atoms with Gasteiger partial charge in [0.25, 0.3) is 17.7 Å². The van der Waals surface area contributed by atoms with Gasteiger partial charge in [-0.15, -0.1) is 0 Å². The zero-order valence-electron chi connectivity index (χ0n) is 11.9. The third-order valence-corrected chi connectivity index (χ3v) is 3.50. The van der Waals surface area contributed by atoms with E-state index in [-0.39, 0.29) is 20.2 Å². The molecule has 3 rings (SSSR count). The second-order valence-electron chi connectivity index (χ2n) is 4.95. The molecule has 0 unspecified atom stereocenters. The van der Waals surface area contributed by atoms with Crippen LogP contribution in [0.15, 0.2) is 48.5 Å². The lowest BCUT2D eigenvalue weighted by atomic mass is 10.1. The van der Waals surface area contributed by atoms with E-state index >= 15 is 0 Å². The minimum Gasteiger partial charge on any atom is -0.805 e. The van der Waals surface area contributed by atoms with Gasteiger partial charge in [-0.3, -0.25) is 4.79 Å². The lowest BCUT2D eigenvalue weighted by Crippen LogP contribution is -2.32. The predicted octanol–water partition coefficient (Wildman–Crippen LogP) is 3.21. The van der Waals surface area contributed by atoms with E-state index in [1.54, 1.807) is 6.07 Å². The summed E-state index contributed by atoms with van der Waals surface area (Å²) in [6.45, 7) is 0. The Hall–Kier alpha value is -3.16.